The summed E-state index contributed by atoms with van der Waals surface area (Å²) in [7, 11) is 0. The lowest BCUT2D eigenvalue weighted by Crippen LogP contribution is -2.50. The molecule has 6 nitrogen and oxygen atoms in total. The first-order valence-corrected chi connectivity index (χ1v) is 11.0. The standard InChI is InChI=1S/C27H27N3O3/c1-20(30-25(32)27(2,28-26(30)33)23-16-10-5-11-17-23)24(31)29(18-21-12-6-3-7-13-21)19-22-14-8-4-9-15-22/h3-17,20H,18-19H2,1-2H3,(H,28,33). The Bertz CT molecular complexity index is 1090. The van der Waals surface area contributed by atoms with Crippen LogP contribution in [0.3, 0.4) is 0 Å². The number of amides is 4. The highest BCUT2D eigenvalue weighted by Crippen LogP contribution is 2.30. The summed E-state index contributed by atoms with van der Waals surface area (Å²) in [6, 6.07) is 26.9. The number of carbonyl (C=O) groups excluding carboxylic acids is 3. The van der Waals surface area contributed by atoms with Crippen LogP contribution >= 0.6 is 0 Å². The van der Waals surface area contributed by atoms with E-state index in [0.717, 1.165) is 16.0 Å². The second-order valence-corrected chi connectivity index (χ2v) is 8.44. The molecule has 0 radical (unpaired) electrons. The van der Waals surface area contributed by atoms with Gasteiger partial charge in [0.1, 0.15) is 11.6 Å². The van der Waals surface area contributed by atoms with Gasteiger partial charge in [-0.15, -0.1) is 0 Å². The quantitative estimate of drug-likeness (QED) is 0.562. The summed E-state index contributed by atoms with van der Waals surface area (Å²) in [5, 5.41) is 2.79. The van der Waals surface area contributed by atoms with Gasteiger partial charge >= 0.3 is 6.03 Å². The molecule has 0 saturated carbocycles. The van der Waals surface area contributed by atoms with Gasteiger partial charge in [-0.25, -0.2) is 9.69 Å². The minimum absolute atomic E-state index is 0.288. The van der Waals surface area contributed by atoms with E-state index < -0.39 is 23.5 Å². The van der Waals surface area contributed by atoms with Crippen LogP contribution in [0.4, 0.5) is 4.79 Å². The lowest BCUT2D eigenvalue weighted by molar-refractivity contribution is -0.143. The van der Waals surface area contributed by atoms with Crippen molar-refractivity contribution in [3.63, 3.8) is 0 Å². The first-order chi connectivity index (χ1) is 15.9. The van der Waals surface area contributed by atoms with E-state index in [4.69, 9.17) is 0 Å². The third-order valence-corrected chi connectivity index (χ3v) is 6.06. The number of urea groups is 1. The number of benzene rings is 3. The lowest BCUT2D eigenvalue weighted by atomic mass is 9.92. The van der Waals surface area contributed by atoms with Crippen molar-refractivity contribution in [3.8, 4) is 0 Å². The van der Waals surface area contributed by atoms with Gasteiger partial charge in [-0.05, 0) is 30.5 Å². The maximum atomic E-state index is 13.6. The van der Waals surface area contributed by atoms with Crippen molar-refractivity contribution in [1.29, 1.82) is 0 Å². The fraction of sp³-hybridized carbons (Fsp3) is 0.222. The van der Waals surface area contributed by atoms with Crippen LogP contribution in [0.1, 0.15) is 30.5 Å². The van der Waals surface area contributed by atoms with E-state index in [0.29, 0.717) is 18.7 Å². The molecule has 1 saturated heterocycles. The molecule has 0 spiro atoms. The van der Waals surface area contributed by atoms with Crippen molar-refractivity contribution in [1.82, 2.24) is 15.1 Å². The predicted octanol–water partition coefficient (Wildman–Crippen LogP) is 4.07. The minimum atomic E-state index is -1.21. The van der Waals surface area contributed by atoms with E-state index in [1.165, 1.54) is 0 Å². The number of hydrogen-bond donors (Lipinski definition) is 1. The van der Waals surface area contributed by atoms with Gasteiger partial charge in [0.25, 0.3) is 5.91 Å². The Kier molecular flexibility index (Phi) is 6.27. The summed E-state index contributed by atoms with van der Waals surface area (Å²) in [6.45, 7) is 4.03. The summed E-state index contributed by atoms with van der Waals surface area (Å²) >= 11 is 0. The number of rotatable bonds is 7. The molecular formula is C27H27N3O3. The lowest BCUT2D eigenvalue weighted by Gasteiger charge is -2.30. The van der Waals surface area contributed by atoms with Crippen molar-refractivity contribution in [2.24, 2.45) is 0 Å². The largest absolute Gasteiger partial charge is 0.332 e. The molecule has 4 amide bonds. The molecule has 1 aliphatic rings. The average molecular weight is 442 g/mol. The minimum Gasteiger partial charge on any atom is -0.332 e. The molecule has 1 fully saturated rings. The Morgan fingerprint density at radius 1 is 0.848 bits per heavy atom. The highest BCUT2D eigenvalue weighted by Gasteiger charge is 2.52. The highest BCUT2D eigenvalue weighted by atomic mass is 16.2. The van der Waals surface area contributed by atoms with Crippen LogP contribution < -0.4 is 5.32 Å². The van der Waals surface area contributed by atoms with Gasteiger partial charge < -0.3 is 10.2 Å². The van der Waals surface area contributed by atoms with Crippen LogP contribution in [0, 0.1) is 0 Å². The third kappa shape index (κ3) is 4.51. The number of carbonyl (C=O) groups is 3. The van der Waals surface area contributed by atoms with Gasteiger partial charge in [-0.1, -0.05) is 91.0 Å². The Hall–Kier alpha value is -3.93. The van der Waals surface area contributed by atoms with Gasteiger partial charge in [0.2, 0.25) is 5.91 Å². The molecule has 2 atom stereocenters. The number of hydrogen-bond acceptors (Lipinski definition) is 3. The van der Waals surface area contributed by atoms with Gasteiger partial charge in [0.15, 0.2) is 0 Å². The van der Waals surface area contributed by atoms with E-state index in [1.807, 2.05) is 78.9 Å². The molecule has 1 N–H and O–H groups in total. The number of imide groups is 1. The first-order valence-electron chi connectivity index (χ1n) is 11.0. The van der Waals surface area contributed by atoms with E-state index >= 15 is 0 Å². The fourth-order valence-corrected chi connectivity index (χ4v) is 4.17. The van der Waals surface area contributed by atoms with Gasteiger partial charge in [-0.3, -0.25) is 9.59 Å². The van der Waals surface area contributed by atoms with Crippen molar-refractivity contribution in [2.45, 2.75) is 38.5 Å². The normalized spacial score (nSPS) is 18.7. The van der Waals surface area contributed by atoms with E-state index in [-0.39, 0.29) is 5.91 Å². The van der Waals surface area contributed by atoms with Crippen LogP contribution in [-0.4, -0.2) is 33.7 Å². The zero-order valence-corrected chi connectivity index (χ0v) is 18.8. The molecule has 1 aliphatic heterocycles. The monoisotopic (exact) mass is 441 g/mol. The zero-order chi connectivity index (χ0) is 23.4. The number of nitrogens with zero attached hydrogens (tertiary/aromatic N) is 2. The van der Waals surface area contributed by atoms with E-state index in [2.05, 4.69) is 5.32 Å². The summed E-state index contributed by atoms with van der Waals surface area (Å²) in [4.78, 5) is 42.6. The van der Waals surface area contributed by atoms with Crippen molar-refractivity contribution in [2.75, 3.05) is 0 Å². The topological polar surface area (TPSA) is 69.7 Å². The van der Waals surface area contributed by atoms with Crippen molar-refractivity contribution >= 4 is 17.8 Å². The third-order valence-electron chi connectivity index (χ3n) is 6.06. The summed E-state index contributed by atoms with van der Waals surface area (Å²) in [6.07, 6.45) is 0. The van der Waals surface area contributed by atoms with Gasteiger partial charge in [0.05, 0.1) is 0 Å². The van der Waals surface area contributed by atoms with Crippen molar-refractivity contribution in [3.05, 3.63) is 108 Å². The maximum absolute atomic E-state index is 13.6. The second-order valence-electron chi connectivity index (χ2n) is 8.44. The predicted molar refractivity (Wildman–Crippen MR) is 126 cm³/mol. The van der Waals surface area contributed by atoms with E-state index in [1.54, 1.807) is 30.9 Å². The molecule has 4 rings (SSSR count). The summed E-state index contributed by atoms with van der Waals surface area (Å²) in [5.74, 6) is -0.720. The zero-order valence-electron chi connectivity index (χ0n) is 18.8. The Morgan fingerprint density at radius 3 is 1.79 bits per heavy atom. The van der Waals surface area contributed by atoms with Crippen LogP contribution in [0.15, 0.2) is 91.0 Å². The second kappa shape index (κ2) is 9.28. The summed E-state index contributed by atoms with van der Waals surface area (Å²) in [5.41, 5.74) is 1.41. The SMILES string of the molecule is CC(C(=O)N(Cc1ccccc1)Cc1ccccc1)N1C(=O)NC(C)(c2ccccc2)C1=O. The van der Waals surface area contributed by atoms with Crippen LogP contribution in [-0.2, 0) is 28.2 Å². The molecule has 168 valence electrons. The molecule has 1 heterocycles. The molecule has 0 aromatic heterocycles. The smallest absolute Gasteiger partial charge is 0.326 e. The first kappa shape index (κ1) is 22.3. The molecule has 0 bridgehead atoms. The molecule has 0 aliphatic carbocycles. The molecule has 3 aromatic carbocycles. The molecule has 33 heavy (non-hydrogen) atoms. The van der Waals surface area contributed by atoms with E-state index in [9.17, 15) is 14.4 Å². The highest BCUT2D eigenvalue weighted by molar-refractivity contribution is 6.09. The van der Waals surface area contributed by atoms with Gasteiger partial charge in [-0.2, -0.15) is 0 Å². The average Bonchev–Trinajstić information content (AvgIpc) is 3.08. The van der Waals surface area contributed by atoms with Crippen LogP contribution in [0.25, 0.3) is 0 Å². The molecule has 6 heteroatoms. The summed E-state index contributed by atoms with van der Waals surface area (Å²) < 4.78 is 0. The van der Waals surface area contributed by atoms with Gasteiger partial charge in [0, 0.05) is 13.1 Å². The van der Waals surface area contributed by atoms with Crippen LogP contribution in [0.2, 0.25) is 0 Å². The van der Waals surface area contributed by atoms with Crippen LogP contribution in [0.5, 0.6) is 0 Å². The van der Waals surface area contributed by atoms with Crippen molar-refractivity contribution < 1.29 is 14.4 Å². The Balaban J connectivity index is 1.60. The fourth-order valence-electron chi connectivity index (χ4n) is 4.17. The Labute approximate surface area is 193 Å². The number of nitrogens with one attached hydrogen (secondary N) is 1. The Morgan fingerprint density at radius 2 is 1.30 bits per heavy atom. The molecule has 2 unspecified atom stereocenters. The molecular weight excluding hydrogens is 414 g/mol. The molecule has 3 aromatic rings. The maximum Gasteiger partial charge on any atom is 0.326 e.